The minimum atomic E-state index is 0.664. The van der Waals surface area contributed by atoms with E-state index in [2.05, 4.69) is 53.0 Å². The van der Waals surface area contributed by atoms with Crippen molar-refractivity contribution >= 4 is 5.95 Å². The summed E-state index contributed by atoms with van der Waals surface area (Å²) in [7, 11) is 6.16. The number of likely N-dealkylation sites (N-methyl/N-ethyl adjacent to an activating group) is 2. The van der Waals surface area contributed by atoms with Crippen LogP contribution in [0.25, 0.3) is 0 Å². The average Bonchev–Trinajstić information content (AvgIpc) is 2.36. The van der Waals surface area contributed by atoms with Crippen molar-refractivity contribution in [3.8, 4) is 0 Å². The Hall–Kier alpha value is -1.20. The molecule has 1 aromatic rings. The van der Waals surface area contributed by atoms with Gasteiger partial charge in [0.1, 0.15) is 0 Å². The van der Waals surface area contributed by atoms with Crippen LogP contribution in [0.1, 0.15) is 19.4 Å². The fraction of sp³-hybridized carbons (Fsp3) is 0.714. The standard InChI is InChI=1S/C14H27N5/c1-12(2)8-15-9-13-10-16-14(17-11-13)19(5)7-6-18(3)4/h10-12,15H,6-9H2,1-5H3. The van der Waals surface area contributed by atoms with E-state index in [0.717, 1.165) is 37.7 Å². The van der Waals surface area contributed by atoms with E-state index in [1.807, 2.05) is 19.4 Å². The second kappa shape index (κ2) is 8.07. The highest BCUT2D eigenvalue weighted by atomic mass is 15.2. The lowest BCUT2D eigenvalue weighted by Gasteiger charge is -2.19. The van der Waals surface area contributed by atoms with Crippen molar-refractivity contribution in [3.05, 3.63) is 18.0 Å². The molecule has 1 heterocycles. The zero-order valence-electron chi connectivity index (χ0n) is 12.8. The maximum atomic E-state index is 4.41. The van der Waals surface area contributed by atoms with Gasteiger partial charge >= 0.3 is 0 Å². The molecule has 0 fully saturated rings. The zero-order chi connectivity index (χ0) is 14.3. The van der Waals surface area contributed by atoms with Gasteiger partial charge in [-0.15, -0.1) is 0 Å². The predicted octanol–water partition coefficient (Wildman–Crippen LogP) is 1.22. The molecule has 0 radical (unpaired) electrons. The smallest absolute Gasteiger partial charge is 0.225 e. The summed E-state index contributed by atoms with van der Waals surface area (Å²) in [5.74, 6) is 1.45. The highest BCUT2D eigenvalue weighted by molar-refractivity contribution is 5.28. The van der Waals surface area contributed by atoms with Gasteiger partial charge in [0.25, 0.3) is 0 Å². The highest BCUT2D eigenvalue weighted by Gasteiger charge is 2.04. The molecule has 0 atom stereocenters. The van der Waals surface area contributed by atoms with Crippen LogP contribution in [0.3, 0.4) is 0 Å². The first kappa shape index (κ1) is 15.9. The van der Waals surface area contributed by atoms with E-state index < -0.39 is 0 Å². The molecule has 0 aliphatic heterocycles. The van der Waals surface area contributed by atoms with Crippen LogP contribution in [0.5, 0.6) is 0 Å². The number of anilines is 1. The van der Waals surface area contributed by atoms with E-state index in [1.54, 1.807) is 0 Å². The minimum Gasteiger partial charge on any atom is -0.343 e. The van der Waals surface area contributed by atoms with Crippen LogP contribution in [-0.4, -0.2) is 55.6 Å². The topological polar surface area (TPSA) is 44.3 Å². The Morgan fingerprint density at radius 1 is 1.11 bits per heavy atom. The minimum absolute atomic E-state index is 0.664. The molecule has 1 aromatic heterocycles. The summed E-state index contributed by atoms with van der Waals surface area (Å²) in [5, 5.41) is 3.39. The van der Waals surface area contributed by atoms with Gasteiger partial charge in [-0.05, 0) is 26.6 Å². The summed E-state index contributed by atoms with van der Waals surface area (Å²) >= 11 is 0. The molecule has 108 valence electrons. The van der Waals surface area contributed by atoms with Gasteiger partial charge in [0.15, 0.2) is 0 Å². The predicted molar refractivity (Wildman–Crippen MR) is 80.4 cm³/mol. The third kappa shape index (κ3) is 6.50. The van der Waals surface area contributed by atoms with Crippen molar-refractivity contribution < 1.29 is 0 Å². The van der Waals surface area contributed by atoms with E-state index in [9.17, 15) is 0 Å². The molecular formula is C14H27N5. The van der Waals surface area contributed by atoms with Crippen molar-refractivity contribution in [2.75, 3.05) is 45.7 Å². The lowest BCUT2D eigenvalue weighted by Crippen LogP contribution is -2.29. The molecule has 5 nitrogen and oxygen atoms in total. The molecule has 0 spiro atoms. The molecule has 1 rings (SSSR count). The molecule has 1 N–H and O–H groups in total. The number of nitrogens with zero attached hydrogens (tertiary/aromatic N) is 4. The van der Waals surface area contributed by atoms with Gasteiger partial charge < -0.3 is 15.1 Å². The molecule has 19 heavy (non-hydrogen) atoms. The molecule has 0 amide bonds. The molecule has 0 bridgehead atoms. The Balaban J connectivity index is 2.42. The molecule has 0 saturated carbocycles. The van der Waals surface area contributed by atoms with Gasteiger partial charge in [0, 0.05) is 44.6 Å². The fourth-order valence-electron chi connectivity index (χ4n) is 1.59. The van der Waals surface area contributed by atoms with Gasteiger partial charge in [-0.1, -0.05) is 13.8 Å². The van der Waals surface area contributed by atoms with Gasteiger partial charge in [-0.3, -0.25) is 0 Å². The largest absolute Gasteiger partial charge is 0.343 e. The first-order chi connectivity index (χ1) is 8.99. The molecule has 0 saturated heterocycles. The number of hydrogen-bond acceptors (Lipinski definition) is 5. The summed E-state index contributed by atoms with van der Waals surface area (Å²) < 4.78 is 0. The Morgan fingerprint density at radius 3 is 2.26 bits per heavy atom. The van der Waals surface area contributed by atoms with Crippen LogP contribution in [0.15, 0.2) is 12.4 Å². The summed E-state index contributed by atoms with van der Waals surface area (Å²) in [4.78, 5) is 13.0. The fourth-order valence-corrected chi connectivity index (χ4v) is 1.59. The van der Waals surface area contributed by atoms with Crippen LogP contribution in [0.2, 0.25) is 0 Å². The summed E-state index contributed by atoms with van der Waals surface area (Å²) in [5.41, 5.74) is 1.13. The van der Waals surface area contributed by atoms with Gasteiger partial charge in [-0.25, -0.2) is 9.97 Å². The van der Waals surface area contributed by atoms with Gasteiger partial charge in [-0.2, -0.15) is 0 Å². The Kier molecular flexibility index (Phi) is 6.73. The lowest BCUT2D eigenvalue weighted by atomic mass is 10.2. The Labute approximate surface area is 117 Å². The van der Waals surface area contributed by atoms with Crippen molar-refractivity contribution in [2.24, 2.45) is 5.92 Å². The van der Waals surface area contributed by atoms with E-state index in [4.69, 9.17) is 0 Å². The Morgan fingerprint density at radius 2 is 1.74 bits per heavy atom. The summed E-state index contributed by atoms with van der Waals surface area (Å²) in [6.45, 7) is 8.18. The molecule has 0 aliphatic rings. The number of aromatic nitrogens is 2. The molecular weight excluding hydrogens is 238 g/mol. The van der Waals surface area contributed by atoms with Gasteiger partial charge in [0.05, 0.1) is 0 Å². The van der Waals surface area contributed by atoms with Crippen LogP contribution in [0, 0.1) is 5.92 Å². The SMILES string of the molecule is CC(C)CNCc1cnc(N(C)CCN(C)C)nc1. The third-order valence-corrected chi connectivity index (χ3v) is 2.80. The monoisotopic (exact) mass is 265 g/mol. The molecule has 0 aromatic carbocycles. The zero-order valence-corrected chi connectivity index (χ0v) is 12.8. The van der Waals surface area contributed by atoms with E-state index in [1.165, 1.54) is 0 Å². The lowest BCUT2D eigenvalue weighted by molar-refractivity contribution is 0.415. The van der Waals surface area contributed by atoms with Crippen LogP contribution >= 0.6 is 0 Å². The maximum absolute atomic E-state index is 4.41. The number of hydrogen-bond donors (Lipinski definition) is 1. The second-order valence-corrected chi connectivity index (χ2v) is 5.64. The van der Waals surface area contributed by atoms with Crippen molar-refractivity contribution in [2.45, 2.75) is 20.4 Å². The number of nitrogens with one attached hydrogen (secondary N) is 1. The van der Waals surface area contributed by atoms with Gasteiger partial charge in [0.2, 0.25) is 5.95 Å². The van der Waals surface area contributed by atoms with Crippen LogP contribution in [0.4, 0.5) is 5.95 Å². The molecule has 0 unspecified atom stereocenters. The first-order valence-corrected chi connectivity index (χ1v) is 6.86. The van der Waals surface area contributed by atoms with E-state index in [-0.39, 0.29) is 0 Å². The first-order valence-electron chi connectivity index (χ1n) is 6.86. The Bertz CT molecular complexity index is 347. The molecule has 5 heteroatoms. The summed E-state index contributed by atoms with van der Waals surface area (Å²) in [6, 6.07) is 0. The number of rotatable bonds is 8. The maximum Gasteiger partial charge on any atom is 0.225 e. The highest BCUT2D eigenvalue weighted by Crippen LogP contribution is 2.05. The summed E-state index contributed by atoms with van der Waals surface area (Å²) in [6.07, 6.45) is 3.81. The van der Waals surface area contributed by atoms with Crippen molar-refractivity contribution in [3.63, 3.8) is 0 Å². The van der Waals surface area contributed by atoms with Crippen molar-refractivity contribution in [1.82, 2.24) is 20.2 Å². The third-order valence-electron chi connectivity index (χ3n) is 2.80. The van der Waals surface area contributed by atoms with E-state index in [0.29, 0.717) is 5.92 Å². The quantitative estimate of drug-likeness (QED) is 0.765. The molecule has 0 aliphatic carbocycles. The average molecular weight is 265 g/mol. The van der Waals surface area contributed by atoms with Crippen molar-refractivity contribution in [1.29, 1.82) is 0 Å². The van der Waals surface area contributed by atoms with Crippen LogP contribution in [-0.2, 0) is 6.54 Å². The normalized spacial score (nSPS) is 11.3. The van der Waals surface area contributed by atoms with Crippen LogP contribution < -0.4 is 10.2 Å². The second-order valence-electron chi connectivity index (χ2n) is 5.64. The van der Waals surface area contributed by atoms with E-state index >= 15 is 0 Å².